The van der Waals surface area contributed by atoms with Crippen molar-refractivity contribution in [3.63, 3.8) is 0 Å². The Balaban J connectivity index is 1.89. The van der Waals surface area contributed by atoms with Gasteiger partial charge >= 0.3 is 0 Å². The molecule has 7 nitrogen and oxygen atoms in total. The van der Waals surface area contributed by atoms with E-state index in [0.717, 1.165) is 5.56 Å². The molecule has 0 radical (unpaired) electrons. The number of furan rings is 1. The molecule has 8 heteroatoms. The van der Waals surface area contributed by atoms with Crippen molar-refractivity contribution in [3.8, 4) is 0 Å². The molecular formula is C19H27N3O4S. The number of nitrogens with zero attached hydrogens (tertiary/aromatic N) is 1. The van der Waals surface area contributed by atoms with Crippen LogP contribution in [0.5, 0.6) is 0 Å². The van der Waals surface area contributed by atoms with Gasteiger partial charge in [-0.1, -0.05) is 26.0 Å². The number of carbonyl (C=O) groups excluding carboxylic acids is 1. The molecule has 0 aliphatic heterocycles. The van der Waals surface area contributed by atoms with Crippen molar-refractivity contribution in [2.45, 2.75) is 38.3 Å². The zero-order valence-electron chi connectivity index (χ0n) is 15.9. The molecule has 2 aromatic rings. The highest BCUT2D eigenvalue weighted by Crippen LogP contribution is 2.19. The van der Waals surface area contributed by atoms with Gasteiger partial charge in [0.25, 0.3) is 0 Å². The minimum Gasteiger partial charge on any atom is -0.467 e. The Hall–Kier alpha value is -2.16. The molecule has 0 unspecified atom stereocenters. The van der Waals surface area contributed by atoms with Gasteiger partial charge in [0.15, 0.2) is 0 Å². The van der Waals surface area contributed by atoms with Gasteiger partial charge in [-0.2, -0.15) is 4.31 Å². The first-order valence-electron chi connectivity index (χ1n) is 9.01. The highest BCUT2D eigenvalue weighted by molar-refractivity contribution is 7.89. The van der Waals surface area contributed by atoms with Crippen LogP contribution in [0, 0.1) is 0 Å². The molecule has 0 bridgehead atoms. The van der Waals surface area contributed by atoms with Crippen molar-refractivity contribution in [3.05, 3.63) is 54.0 Å². The van der Waals surface area contributed by atoms with Crippen molar-refractivity contribution in [2.75, 3.05) is 19.6 Å². The summed E-state index contributed by atoms with van der Waals surface area (Å²) in [5.74, 6) is 0.556. The van der Waals surface area contributed by atoms with E-state index in [0.29, 0.717) is 25.4 Å². The fourth-order valence-corrected chi connectivity index (χ4v) is 4.12. The highest BCUT2D eigenvalue weighted by Gasteiger charge is 2.21. The zero-order chi connectivity index (χ0) is 19.9. The quantitative estimate of drug-likeness (QED) is 0.646. The van der Waals surface area contributed by atoms with Gasteiger partial charge in [-0.05, 0) is 36.8 Å². The van der Waals surface area contributed by atoms with Crippen LogP contribution in [-0.4, -0.2) is 38.3 Å². The molecule has 27 heavy (non-hydrogen) atoms. The van der Waals surface area contributed by atoms with E-state index in [4.69, 9.17) is 4.42 Å². The summed E-state index contributed by atoms with van der Waals surface area (Å²) in [6.07, 6.45) is 1.56. The molecule has 1 aromatic carbocycles. The molecule has 2 N–H and O–H groups in total. The Morgan fingerprint density at radius 2 is 1.81 bits per heavy atom. The lowest BCUT2D eigenvalue weighted by atomic mass is 10.1. The fraction of sp³-hybridized carbons (Fsp3) is 0.421. The van der Waals surface area contributed by atoms with Crippen molar-refractivity contribution < 1.29 is 17.6 Å². The monoisotopic (exact) mass is 393 g/mol. The predicted molar refractivity (Wildman–Crippen MR) is 104 cm³/mol. The third-order valence-corrected chi connectivity index (χ3v) is 6.40. The van der Waals surface area contributed by atoms with E-state index in [1.54, 1.807) is 42.7 Å². The highest BCUT2D eigenvalue weighted by atomic mass is 32.2. The van der Waals surface area contributed by atoms with Gasteiger partial charge < -0.3 is 15.1 Å². The minimum absolute atomic E-state index is 0.0930. The number of amides is 1. The van der Waals surface area contributed by atoms with Crippen LogP contribution in [0.15, 0.2) is 52.0 Å². The average molecular weight is 394 g/mol. The van der Waals surface area contributed by atoms with Crippen LogP contribution in [0.3, 0.4) is 0 Å². The summed E-state index contributed by atoms with van der Waals surface area (Å²) in [5.41, 5.74) is 0.910. The smallest absolute Gasteiger partial charge is 0.243 e. The van der Waals surface area contributed by atoms with Gasteiger partial charge in [0.1, 0.15) is 5.76 Å². The molecule has 0 fully saturated rings. The standard InChI is InChI=1S/C19H27N3O4S/c1-4-22(5-2)27(24,25)18-10-8-16(9-11-18)15(3)20-14-19(23)21-13-17-7-6-12-26-17/h6-12,15,20H,4-5,13-14H2,1-3H3,(H,21,23)/t15-/m0/s1. The summed E-state index contributed by atoms with van der Waals surface area (Å²) in [7, 11) is -3.46. The molecule has 1 heterocycles. The Morgan fingerprint density at radius 1 is 1.15 bits per heavy atom. The number of hydrogen-bond acceptors (Lipinski definition) is 5. The van der Waals surface area contributed by atoms with Crippen molar-refractivity contribution in [1.82, 2.24) is 14.9 Å². The molecule has 1 aromatic heterocycles. The van der Waals surface area contributed by atoms with Gasteiger partial charge in [0.2, 0.25) is 15.9 Å². The van der Waals surface area contributed by atoms with Gasteiger partial charge in [-0.3, -0.25) is 4.79 Å². The number of hydrogen-bond donors (Lipinski definition) is 2. The number of sulfonamides is 1. The second-order valence-corrected chi connectivity index (χ2v) is 8.05. The summed E-state index contributed by atoms with van der Waals surface area (Å²) in [4.78, 5) is 12.2. The predicted octanol–water partition coefficient (Wildman–Crippen LogP) is 2.28. The Bertz CT molecular complexity index is 813. The molecule has 2 rings (SSSR count). The number of rotatable bonds is 10. The van der Waals surface area contributed by atoms with Crippen LogP contribution in [0.2, 0.25) is 0 Å². The van der Waals surface area contributed by atoms with Gasteiger partial charge in [-0.25, -0.2) is 8.42 Å². The first-order valence-corrected chi connectivity index (χ1v) is 10.4. The van der Waals surface area contributed by atoms with Crippen LogP contribution in [0.25, 0.3) is 0 Å². The maximum atomic E-state index is 12.5. The molecule has 0 saturated carbocycles. The largest absolute Gasteiger partial charge is 0.467 e. The van der Waals surface area contributed by atoms with Crippen LogP contribution in [0.1, 0.15) is 38.1 Å². The summed E-state index contributed by atoms with van der Waals surface area (Å²) in [5, 5.41) is 5.90. The topological polar surface area (TPSA) is 91.7 Å². The zero-order valence-corrected chi connectivity index (χ0v) is 16.8. The number of carbonyl (C=O) groups is 1. The van der Waals surface area contributed by atoms with Crippen molar-refractivity contribution in [1.29, 1.82) is 0 Å². The molecule has 1 amide bonds. The van der Waals surface area contributed by atoms with E-state index in [1.165, 1.54) is 4.31 Å². The molecule has 0 aliphatic carbocycles. The molecule has 0 aliphatic rings. The number of nitrogens with one attached hydrogen (secondary N) is 2. The van der Waals surface area contributed by atoms with Crippen molar-refractivity contribution in [2.24, 2.45) is 0 Å². The lowest BCUT2D eigenvalue weighted by Crippen LogP contribution is -2.34. The van der Waals surface area contributed by atoms with Crippen LogP contribution < -0.4 is 10.6 Å². The minimum atomic E-state index is -3.46. The van der Waals surface area contributed by atoms with Crippen LogP contribution in [0.4, 0.5) is 0 Å². The summed E-state index contributed by atoms with van der Waals surface area (Å²) in [6.45, 7) is 6.93. The molecule has 148 valence electrons. The van der Waals surface area contributed by atoms with Crippen molar-refractivity contribution >= 4 is 15.9 Å². The van der Waals surface area contributed by atoms with Crippen LogP contribution >= 0.6 is 0 Å². The van der Waals surface area contributed by atoms with E-state index in [1.807, 2.05) is 20.8 Å². The van der Waals surface area contributed by atoms with Crippen LogP contribution in [-0.2, 0) is 21.4 Å². The summed E-state index contributed by atoms with van der Waals surface area (Å²) >= 11 is 0. The maximum Gasteiger partial charge on any atom is 0.243 e. The summed E-state index contributed by atoms with van der Waals surface area (Å²) in [6, 6.07) is 10.2. The average Bonchev–Trinajstić information content (AvgIpc) is 3.19. The van der Waals surface area contributed by atoms with E-state index in [9.17, 15) is 13.2 Å². The lowest BCUT2D eigenvalue weighted by molar-refractivity contribution is -0.120. The second kappa shape index (κ2) is 9.68. The normalized spacial score (nSPS) is 12.9. The third-order valence-electron chi connectivity index (χ3n) is 4.33. The Kier molecular flexibility index (Phi) is 7.58. The van der Waals surface area contributed by atoms with Gasteiger partial charge in [0.05, 0.1) is 24.2 Å². The second-order valence-electron chi connectivity index (χ2n) is 6.12. The Labute approximate surface area is 160 Å². The van der Waals surface area contributed by atoms with E-state index in [-0.39, 0.29) is 23.4 Å². The maximum absolute atomic E-state index is 12.5. The van der Waals surface area contributed by atoms with E-state index >= 15 is 0 Å². The molecule has 1 atom stereocenters. The van der Waals surface area contributed by atoms with Gasteiger partial charge in [0, 0.05) is 19.1 Å². The molecular weight excluding hydrogens is 366 g/mol. The first-order chi connectivity index (χ1) is 12.9. The van der Waals surface area contributed by atoms with E-state index < -0.39 is 10.0 Å². The molecule has 0 spiro atoms. The number of benzene rings is 1. The Morgan fingerprint density at radius 3 is 2.37 bits per heavy atom. The first kappa shape index (κ1) is 21.1. The SMILES string of the molecule is CCN(CC)S(=O)(=O)c1ccc([C@H](C)NCC(=O)NCc2ccco2)cc1. The van der Waals surface area contributed by atoms with Gasteiger partial charge in [-0.15, -0.1) is 0 Å². The third kappa shape index (κ3) is 5.66. The summed E-state index contributed by atoms with van der Waals surface area (Å²) < 4.78 is 31.6. The fourth-order valence-electron chi connectivity index (χ4n) is 2.67. The molecule has 0 saturated heterocycles. The van der Waals surface area contributed by atoms with E-state index in [2.05, 4.69) is 10.6 Å². The lowest BCUT2D eigenvalue weighted by Gasteiger charge is -2.19.